The van der Waals surface area contributed by atoms with E-state index in [1.807, 2.05) is 0 Å². The molecule has 0 bridgehead atoms. The number of benzene rings is 1. The Bertz CT molecular complexity index is 411. The van der Waals surface area contributed by atoms with Crippen molar-refractivity contribution in [2.24, 2.45) is 0 Å². The molecule has 0 aliphatic heterocycles. The summed E-state index contributed by atoms with van der Waals surface area (Å²) in [5, 5.41) is 0. The van der Waals surface area contributed by atoms with Gasteiger partial charge in [0.2, 0.25) is 0 Å². The summed E-state index contributed by atoms with van der Waals surface area (Å²) in [4.78, 5) is 0. The highest BCUT2D eigenvalue weighted by atomic mass is 14.1. The van der Waals surface area contributed by atoms with Crippen molar-refractivity contribution in [1.29, 1.82) is 0 Å². The molecule has 0 spiro atoms. The quantitative estimate of drug-likeness (QED) is 0.244. The van der Waals surface area contributed by atoms with Crippen LogP contribution in [0.1, 0.15) is 126 Å². The van der Waals surface area contributed by atoms with E-state index in [-0.39, 0.29) is 0 Å². The van der Waals surface area contributed by atoms with Gasteiger partial charge in [-0.2, -0.15) is 0 Å². The van der Waals surface area contributed by atoms with Crippen LogP contribution in [0.15, 0.2) is 12.1 Å². The summed E-state index contributed by atoms with van der Waals surface area (Å²) in [5.74, 6) is 0. The molecule has 0 heterocycles. The Morgan fingerprint density at radius 3 is 1.46 bits per heavy atom. The number of rotatable bonds is 17. The van der Waals surface area contributed by atoms with E-state index in [4.69, 9.17) is 0 Å². The largest absolute Gasteiger partial charge is 0.0654 e. The van der Waals surface area contributed by atoms with E-state index in [0.717, 1.165) is 0 Å². The summed E-state index contributed by atoms with van der Waals surface area (Å²) in [6.07, 6.45) is 24.3. The van der Waals surface area contributed by atoms with Gasteiger partial charge in [-0.05, 0) is 49.4 Å². The molecular formula is C26H45. The van der Waals surface area contributed by atoms with Gasteiger partial charge in [0.05, 0.1) is 0 Å². The maximum atomic E-state index is 3.35. The van der Waals surface area contributed by atoms with E-state index in [9.17, 15) is 0 Å². The second-order valence-corrected chi connectivity index (χ2v) is 8.32. The fourth-order valence-electron chi connectivity index (χ4n) is 4.01. The number of aryl methyl sites for hydroxylation is 2. The van der Waals surface area contributed by atoms with E-state index in [0.29, 0.717) is 0 Å². The highest BCUT2D eigenvalue weighted by molar-refractivity contribution is 5.32. The first-order chi connectivity index (χ1) is 12.8. The number of hydrogen-bond donors (Lipinski definition) is 0. The predicted octanol–water partition coefficient (Wildman–Crippen LogP) is 8.91. The van der Waals surface area contributed by atoms with Crippen molar-refractivity contribution in [3.63, 3.8) is 0 Å². The third-order valence-corrected chi connectivity index (χ3v) is 5.84. The molecule has 0 aliphatic carbocycles. The summed E-state index contributed by atoms with van der Waals surface area (Å²) in [7, 11) is 0. The van der Waals surface area contributed by atoms with Gasteiger partial charge in [-0.1, -0.05) is 115 Å². The average molecular weight is 358 g/mol. The van der Waals surface area contributed by atoms with Crippen LogP contribution < -0.4 is 0 Å². The zero-order chi connectivity index (χ0) is 18.9. The van der Waals surface area contributed by atoms with E-state index < -0.39 is 0 Å². The Morgan fingerprint density at radius 1 is 0.615 bits per heavy atom. The smallest absolute Gasteiger partial charge is 0.0149 e. The first kappa shape index (κ1) is 23.3. The van der Waals surface area contributed by atoms with Gasteiger partial charge in [-0.15, -0.1) is 0 Å². The molecule has 0 unspecified atom stereocenters. The molecule has 0 aliphatic rings. The minimum Gasteiger partial charge on any atom is -0.0654 e. The van der Waals surface area contributed by atoms with Crippen molar-refractivity contribution in [1.82, 2.24) is 0 Å². The van der Waals surface area contributed by atoms with Crippen LogP contribution in [0.2, 0.25) is 0 Å². The second kappa shape index (κ2) is 16.4. The molecule has 0 N–H and O–H groups in total. The Labute approximate surface area is 165 Å². The van der Waals surface area contributed by atoms with Crippen LogP contribution in [-0.2, 0) is 6.42 Å². The van der Waals surface area contributed by atoms with Crippen molar-refractivity contribution >= 4 is 0 Å². The fourth-order valence-corrected chi connectivity index (χ4v) is 4.01. The van der Waals surface area contributed by atoms with Crippen LogP contribution in [0, 0.1) is 19.9 Å². The van der Waals surface area contributed by atoms with Gasteiger partial charge in [0.25, 0.3) is 0 Å². The van der Waals surface area contributed by atoms with Crippen LogP contribution in [0.25, 0.3) is 0 Å². The summed E-state index contributed by atoms with van der Waals surface area (Å²) in [5.41, 5.74) is 4.34. The lowest BCUT2D eigenvalue weighted by Crippen LogP contribution is -1.94. The molecule has 0 nitrogen and oxygen atoms in total. The normalized spacial score (nSPS) is 11.2. The molecule has 0 aromatic heterocycles. The zero-order valence-corrected chi connectivity index (χ0v) is 18.2. The molecular weight excluding hydrogens is 312 g/mol. The molecule has 149 valence electrons. The standard InChI is InChI=1S/C26H45/c1-4-5-6-7-8-9-10-11-12-13-14-15-16-17-18-19-23-26-24(2)21-20-22-25(26)3/h20-21H,4-19,23H2,1-3H3. The van der Waals surface area contributed by atoms with Crippen molar-refractivity contribution in [3.05, 3.63) is 34.9 Å². The van der Waals surface area contributed by atoms with E-state index in [2.05, 4.69) is 39.0 Å². The summed E-state index contributed by atoms with van der Waals surface area (Å²) < 4.78 is 0. The van der Waals surface area contributed by atoms with Gasteiger partial charge in [-0.3, -0.25) is 0 Å². The van der Waals surface area contributed by atoms with Gasteiger partial charge < -0.3 is 0 Å². The SMILES string of the molecule is CCCCCCCCCCCCCCCCCCc1c(C)[c]ccc1C. The summed E-state index contributed by atoms with van der Waals surface area (Å²) in [6, 6.07) is 7.61. The maximum absolute atomic E-state index is 3.35. The zero-order valence-electron chi connectivity index (χ0n) is 18.2. The van der Waals surface area contributed by atoms with Crippen LogP contribution in [0.5, 0.6) is 0 Å². The van der Waals surface area contributed by atoms with E-state index in [1.54, 1.807) is 0 Å². The highest BCUT2D eigenvalue weighted by Crippen LogP contribution is 2.17. The number of unbranched alkanes of at least 4 members (excludes halogenated alkanes) is 15. The highest BCUT2D eigenvalue weighted by Gasteiger charge is 2.02. The average Bonchev–Trinajstić information content (AvgIpc) is 2.63. The van der Waals surface area contributed by atoms with Crippen molar-refractivity contribution < 1.29 is 0 Å². The molecule has 0 heteroatoms. The molecule has 1 aromatic carbocycles. The molecule has 0 saturated carbocycles. The summed E-state index contributed by atoms with van der Waals surface area (Å²) in [6.45, 7) is 6.74. The lowest BCUT2D eigenvalue weighted by Gasteiger charge is -2.09. The molecule has 1 rings (SSSR count). The summed E-state index contributed by atoms with van der Waals surface area (Å²) >= 11 is 0. The maximum Gasteiger partial charge on any atom is -0.0149 e. The van der Waals surface area contributed by atoms with Crippen LogP contribution in [0.3, 0.4) is 0 Å². The molecule has 1 aromatic rings. The van der Waals surface area contributed by atoms with Crippen LogP contribution >= 0.6 is 0 Å². The molecule has 0 fully saturated rings. The molecule has 1 radical (unpaired) electrons. The van der Waals surface area contributed by atoms with Crippen LogP contribution in [-0.4, -0.2) is 0 Å². The minimum atomic E-state index is 1.24. The monoisotopic (exact) mass is 357 g/mol. The lowest BCUT2D eigenvalue weighted by molar-refractivity contribution is 0.529. The molecule has 0 saturated heterocycles. The van der Waals surface area contributed by atoms with E-state index >= 15 is 0 Å². The first-order valence-electron chi connectivity index (χ1n) is 11.7. The fraction of sp³-hybridized carbons (Fsp3) is 0.769. The van der Waals surface area contributed by atoms with Crippen molar-refractivity contribution in [2.45, 2.75) is 130 Å². The molecule has 0 atom stereocenters. The van der Waals surface area contributed by atoms with E-state index in [1.165, 1.54) is 126 Å². The first-order valence-corrected chi connectivity index (χ1v) is 11.7. The van der Waals surface area contributed by atoms with Gasteiger partial charge in [0, 0.05) is 0 Å². The van der Waals surface area contributed by atoms with Crippen LogP contribution in [0.4, 0.5) is 0 Å². The minimum absolute atomic E-state index is 1.24. The Hall–Kier alpha value is -0.780. The third-order valence-electron chi connectivity index (χ3n) is 5.84. The van der Waals surface area contributed by atoms with Gasteiger partial charge in [0.15, 0.2) is 0 Å². The lowest BCUT2D eigenvalue weighted by atomic mass is 9.97. The van der Waals surface area contributed by atoms with Gasteiger partial charge in [0.1, 0.15) is 0 Å². The topological polar surface area (TPSA) is 0 Å². The number of hydrogen-bond acceptors (Lipinski definition) is 0. The van der Waals surface area contributed by atoms with Crippen molar-refractivity contribution in [3.8, 4) is 0 Å². The Balaban J connectivity index is 1.81. The Morgan fingerprint density at radius 2 is 1.04 bits per heavy atom. The predicted molar refractivity (Wildman–Crippen MR) is 118 cm³/mol. The molecule has 0 amide bonds. The third kappa shape index (κ3) is 11.8. The van der Waals surface area contributed by atoms with Gasteiger partial charge in [-0.25, -0.2) is 0 Å². The van der Waals surface area contributed by atoms with Crippen molar-refractivity contribution in [2.75, 3.05) is 0 Å². The molecule has 26 heavy (non-hydrogen) atoms. The Kier molecular flexibility index (Phi) is 14.7. The second-order valence-electron chi connectivity index (χ2n) is 8.32. The van der Waals surface area contributed by atoms with Gasteiger partial charge >= 0.3 is 0 Å².